The highest BCUT2D eigenvalue weighted by molar-refractivity contribution is 5.76. The van der Waals surface area contributed by atoms with Gasteiger partial charge in [-0.25, -0.2) is 4.79 Å². The van der Waals surface area contributed by atoms with Gasteiger partial charge in [0.15, 0.2) is 0 Å². The number of carbonyl (C=O) groups is 2. The number of aryl methyl sites for hydroxylation is 1. The number of piperidine rings is 1. The monoisotopic (exact) mass is 329 g/mol. The average Bonchev–Trinajstić information content (AvgIpc) is 2.87. The Morgan fingerprint density at radius 2 is 2.00 bits per heavy atom. The van der Waals surface area contributed by atoms with Gasteiger partial charge in [-0.15, -0.1) is 0 Å². The molecule has 5 heteroatoms. The van der Waals surface area contributed by atoms with Crippen LogP contribution in [0.5, 0.6) is 0 Å². The van der Waals surface area contributed by atoms with E-state index in [4.69, 9.17) is 0 Å². The van der Waals surface area contributed by atoms with Crippen molar-refractivity contribution in [2.75, 3.05) is 20.1 Å². The van der Waals surface area contributed by atoms with Crippen LogP contribution in [-0.2, 0) is 10.2 Å². The summed E-state index contributed by atoms with van der Waals surface area (Å²) >= 11 is 0. The van der Waals surface area contributed by atoms with Crippen LogP contribution < -0.4 is 10.6 Å². The maximum atomic E-state index is 12.0. The van der Waals surface area contributed by atoms with Crippen molar-refractivity contribution in [3.63, 3.8) is 0 Å². The van der Waals surface area contributed by atoms with Crippen LogP contribution in [0.3, 0.4) is 0 Å². The quantitative estimate of drug-likeness (QED) is 0.876. The summed E-state index contributed by atoms with van der Waals surface area (Å²) in [6.45, 7) is 5.63. The summed E-state index contributed by atoms with van der Waals surface area (Å²) in [4.78, 5) is 25.8. The molecule has 1 saturated heterocycles. The average molecular weight is 329 g/mol. The van der Waals surface area contributed by atoms with Crippen LogP contribution in [0.2, 0.25) is 0 Å². The number of nitrogens with one attached hydrogen (secondary N) is 2. The number of carbonyl (C=O) groups excluding carboxylic acids is 2. The van der Waals surface area contributed by atoms with E-state index in [1.807, 2.05) is 11.8 Å². The minimum absolute atomic E-state index is 0.0493. The van der Waals surface area contributed by atoms with E-state index in [0.717, 1.165) is 32.4 Å². The molecule has 1 spiro atoms. The predicted octanol–water partition coefficient (Wildman–Crippen LogP) is 2.64. The number of urea groups is 1. The van der Waals surface area contributed by atoms with E-state index in [0.29, 0.717) is 6.42 Å². The number of nitrogens with zero attached hydrogens (tertiary/aromatic N) is 1. The molecule has 3 amide bonds. The number of benzene rings is 1. The maximum Gasteiger partial charge on any atom is 0.315 e. The van der Waals surface area contributed by atoms with Crippen molar-refractivity contribution in [1.82, 2.24) is 15.5 Å². The third-order valence-electron chi connectivity index (χ3n) is 5.66. The largest absolute Gasteiger partial charge is 0.343 e. The lowest BCUT2D eigenvalue weighted by Crippen LogP contribution is -2.44. The van der Waals surface area contributed by atoms with Crippen LogP contribution in [0.4, 0.5) is 4.79 Å². The van der Waals surface area contributed by atoms with Crippen LogP contribution in [0.15, 0.2) is 18.2 Å². The van der Waals surface area contributed by atoms with Crippen LogP contribution in [0.1, 0.15) is 55.3 Å². The minimum Gasteiger partial charge on any atom is -0.343 e. The molecule has 1 aliphatic heterocycles. The molecule has 1 atom stereocenters. The van der Waals surface area contributed by atoms with Crippen LogP contribution in [0.25, 0.3) is 0 Å². The topological polar surface area (TPSA) is 61.4 Å². The number of hydrogen-bond acceptors (Lipinski definition) is 2. The molecule has 1 aromatic rings. The summed E-state index contributed by atoms with van der Waals surface area (Å²) in [6, 6.07) is 6.50. The summed E-state index contributed by atoms with van der Waals surface area (Å²) in [7, 11) is 1.64. The van der Waals surface area contributed by atoms with E-state index in [1.165, 1.54) is 16.7 Å². The van der Waals surface area contributed by atoms with Gasteiger partial charge in [0.1, 0.15) is 0 Å². The molecule has 1 aromatic carbocycles. The highest BCUT2D eigenvalue weighted by atomic mass is 16.2. The molecule has 2 N–H and O–H groups in total. The van der Waals surface area contributed by atoms with Crippen LogP contribution >= 0.6 is 0 Å². The highest BCUT2D eigenvalue weighted by Gasteiger charge is 2.46. The molecule has 1 aliphatic carbocycles. The van der Waals surface area contributed by atoms with Crippen LogP contribution in [0, 0.1) is 6.92 Å². The fraction of sp³-hybridized carbons (Fsp3) is 0.579. The summed E-state index contributed by atoms with van der Waals surface area (Å²) in [5.41, 5.74) is 3.90. The molecule has 0 saturated carbocycles. The van der Waals surface area contributed by atoms with Crippen molar-refractivity contribution in [3.05, 3.63) is 34.9 Å². The Hall–Kier alpha value is -2.04. The number of likely N-dealkylation sites (tertiary alicyclic amines) is 1. The molecular formula is C19H27N3O2. The Morgan fingerprint density at radius 3 is 2.62 bits per heavy atom. The highest BCUT2D eigenvalue weighted by Crippen LogP contribution is 2.51. The van der Waals surface area contributed by atoms with E-state index >= 15 is 0 Å². The van der Waals surface area contributed by atoms with E-state index < -0.39 is 0 Å². The summed E-state index contributed by atoms with van der Waals surface area (Å²) in [6.07, 6.45) is 3.44. The molecular weight excluding hydrogens is 302 g/mol. The molecule has 2 aliphatic rings. The number of rotatable bonds is 2. The first-order chi connectivity index (χ1) is 11.5. The van der Waals surface area contributed by atoms with Crippen molar-refractivity contribution in [2.45, 2.75) is 51.0 Å². The fourth-order valence-corrected chi connectivity index (χ4v) is 4.30. The summed E-state index contributed by atoms with van der Waals surface area (Å²) in [5.74, 6) is 0.243. The van der Waals surface area contributed by atoms with E-state index in [9.17, 15) is 9.59 Å². The molecule has 0 aromatic heterocycles. The molecule has 3 rings (SSSR count). The van der Waals surface area contributed by atoms with Gasteiger partial charge >= 0.3 is 6.03 Å². The SMILES string of the molecule is CCC(=O)N1CCC2(CC1)CC(NC(=O)NC)c1cc(C)ccc12. The van der Waals surface area contributed by atoms with Gasteiger partial charge in [0.2, 0.25) is 5.91 Å². The lowest BCUT2D eigenvalue weighted by atomic mass is 9.73. The standard InChI is InChI=1S/C19H27N3O2/c1-4-17(23)22-9-7-19(8-10-22)12-16(21-18(24)20-3)14-11-13(2)5-6-15(14)19/h5-6,11,16H,4,7-10,12H2,1-3H3,(H2,20,21,24). The summed E-state index contributed by atoms with van der Waals surface area (Å²) in [5, 5.41) is 5.75. The van der Waals surface area contributed by atoms with Crippen molar-refractivity contribution < 1.29 is 9.59 Å². The molecule has 0 radical (unpaired) electrons. The van der Waals surface area contributed by atoms with E-state index in [1.54, 1.807) is 7.05 Å². The van der Waals surface area contributed by atoms with Crippen molar-refractivity contribution in [2.24, 2.45) is 0 Å². The molecule has 1 unspecified atom stereocenters. The second-order valence-corrected chi connectivity index (χ2v) is 7.09. The normalized spacial score (nSPS) is 21.5. The Balaban J connectivity index is 1.86. The maximum absolute atomic E-state index is 12.0. The Bertz CT molecular complexity index is 648. The van der Waals surface area contributed by atoms with Gasteiger partial charge in [0.05, 0.1) is 6.04 Å². The number of hydrogen-bond donors (Lipinski definition) is 2. The molecule has 1 fully saturated rings. The first-order valence-corrected chi connectivity index (χ1v) is 8.86. The molecule has 0 bridgehead atoms. The third-order valence-corrected chi connectivity index (χ3v) is 5.66. The minimum atomic E-state index is -0.136. The smallest absolute Gasteiger partial charge is 0.315 e. The number of fused-ring (bicyclic) bond motifs is 2. The zero-order chi connectivity index (χ0) is 17.3. The molecule has 5 nitrogen and oxygen atoms in total. The predicted molar refractivity (Wildman–Crippen MR) is 93.9 cm³/mol. The van der Waals surface area contributed by atoms with Gasteiger partial charge in [-0.05, 0) is 37.3 Å². The van der Waals surface area contributed by atoms with Gasteiger partial charge in [-0.2, -0.15) is 0 Å². The number of amides is 3. The molecule has 130 valence electrons. The zero-order valence-corrected chi connectivity index (χ0v) is 14.8. The first-order valence-electron chi connectivity index (χ1n) is 8.86. The van der Waals surface area contributed by atoms with E-state index in [2.05, 4.69) is 35.8 Å². The Labute approximate surface area is 143 Å². The van der Waals surface area contributed by atoms with Gasteiger partial charge in [0, 0.05) is 32.0 Å². The van der Waals surface area contributed by atoms with Gasteiger partial charge in [-0.3, -0.25) is 4.79 Å². The lowest BCUT2D eigenvalue weighted by molar-refractivity contribution is -0.132. The Kier molecular flexibility index (Phi) is 4.52. The van der Waals surface area contributed by atoms with Gasteiger partial charge < -0.3 is 15.5 Å². The van der Waals surface area contributed by atoms with Crippen LogP contribution in [-0.4, -0.2) is 37.0 Å². The lowest BCUT2D eigenvalue weighted by Gasteiger charge is -2.40. The fourth-order valence-electron chi connectivity index (χ4n) is 4.30. The summed E-state index contributed by atoms with van der Waals surface area (Å²) < 4.78 is 0. The first kappa shape index (κ1) is 16.8. The van der Waals surface area contributed by atoms with Crippen molar-refractivity contribution >= 4 is 11.9 Å². The second kappa shape index (κ2) is 6.46. The third kappa shape index (κ3) is 2.87. The Morgan fingerprint density at radius 1 is 1.29 bits per heavy atom. The van der Waals surface area contributed by atoms with Crippen molar-refractivity contribution in [1.29, 1.82) is 0 Å². The second-order valence-electron chi connectivity index (χ2n) is 7.09. The molecule has 1 heterocycles. The van der Waals surface area contributed by atoms with Gasteiger partial charge in [0.25, 0.3) is 0 Å². The van der Waals surface area contributed by atoms with E-state index in [-0.39, 0.29) is 23.4 Å². The molecule has 24 heavy (non-hydrogen) atoms. The zero-order valence-electron chi connectivity index (χ0n) is 14.8. The van der Waals surface area contributed by atoms with Gasteiger partial charge in [-0.1, -0.05) is 30.7 Å². The van der Waals surface area contributed by atoms with Crippen molar-refractivity contribution in [3.8, 4) is 0 Å².